The van der Waals surface area contributed by atoms with E-state index in [1.807, 2.05) is 19.9 Å². The molecule has 0 heterocycles. The van der Waals surface area contributed by atoms with Crippen molar-refractivity contribution in [2.24, 2.45) is 5.92 Å². The van der Waals surface area contributed by atoms with Crippen molar-refractivity contribution in [2.75, 3.05) is 5.32 Å². The molecule has 1 atom stereocenters. The molecule has 0 radical (unpaired) electrons. The predicted molar refractivity (Wildman–Crippen MR) is 81.4 cm³/mol. The van der Waals surface area contributed by atoms with Crippen LogP contribution in [0.15, 0.2) is 18.2 Å². The van der Waals surface area contributed by atoms with Crippen LogP contribution in [0.25, 0.3) is 0 Å². The maximum Gasteiger partial charge on any atom is 0.237 e. The van der Waals surface area contributed by atoms with E-state index in [4.69, 9.17) is 0 Å². The minimum atomic E-state index is -0.264. The second-order valence-electron chi connectivity index (χ2n) is 4.84. The maximum absolute atomic E-state index is 12.1. The molecule has 100 valence electrons. The molecule has 18 heavy (non-hydrogen) atoms. The summed E-state index contributed by atoms with van der Waals surface area (Å²) < 4.78 is 0. The molecule has 1 aromatic rings. The summed E-state index contributed by atoms with van der Waals surface area (Å²) in [6.45, 7) is 8.21. The molecular formula is C15H23NOS. The number of aryl methyl sites for hydroxylation is 2. The van der Waals surface area contributed by atoms with Crippen LogP contribution in [0.2, 0.25) is 0 Å². The molecule has 0 aliphatic heterocycles. The summed E-state index contributed by atoms with van der Waals surface area (Å²) in [4.78, 5) is 12.1. The molecule has 0 fully saturated rings. The molecule has 1 rings (SSSR count). The van der Waals surface area contributed by atoms with Crippen LogP contribution >= 0.6 is 12.6 Å². The van der Waals surface area contributed by atoms with Crippen molar-refractivity contribution in [1.82, 2.24) is 0 Å². The largest absolute Gasteiger partial charge is 0.325 e. The third kappa shape index (κ3) is 3.52. The summed E-state index contributed by atoms with van der Waals surface area (Å²) in [5.41, 5.74) is 3.35. The second-order valence-corrected chi connectivity index (χ2v) is 5.39. The monoisotopic (exact) mass is 265 g/mol. The van der Waals surface area contributed by atoms with E-state index in [1.165, 1.54) is 11.1 Å². The number of nitrogens with one attached hydrogen (secondary N) is 1. The van der Waals surface area contributed by atoms with Gasteiger partial charge in [-0.05, 0) is 29.9 Å². The Morgan fingerprint density at radius 3 is 2.11 bits per heavy atom. The van der Waals surface area contributed by atoms with Gasteiger partial charge in [-0.25, -0.2) is 0 Å². The number of benzene rings is 1. The Labute approximate surface area is 116 Å². The van der Waals surface area contributed by atoms with E-state index in [0.29, 0.717) is 0 Å². The zero-order valence-corrected chi connectivity index (χ0v) is 12.6. The van der Waals surface area contributed by atoms with Crippen molar-refractivity contribution in [1.29, 1.82) is 0 Å². The minimum Gasteiger partial charge on any atom is -0.325 e. The lowest BCUT2D eigenvalue weighted by Crippen LogP contribution is -2.28. The van der Waals surface area contributed by atoms with Gasteiger partial charge >= 0.3 is 0 Å². The number of amides is 1. The van der Waals surface area contributed by atoms with Gasteiger partial charge in [0.2, 0.25) is 5.91 Å². The first-order chi connectivity index (χ1) is 8.51. The highest BCUT2D eigenvalue weighted by Crippen LogP contribution is 2.23. The van der Waals surface area contributed by atoms with Gasteiger partial charge in [0, 0.05) is 5.69 Å². The zero-order valence-electron chi connectivity index (χ0n) is 11.7. The van der Waals surface area contributed by atoms with Crippen LogP contribution in [0.3, 0.4) is 0 Å². The van der Waals surface area contributed by atoms with E-state index in [2.05, 4.69) is 43.9 Å². The summed E-state index contributed by atoms with van der Waals surface area (Å²) in [6.07, 6.45) is 1.84. The fourth-order valence-electron chi connectivity index (χ4n) is 1.90. The Hall–Kier alpha value is -0.960. The summed E-state index contributed by atoms with van der Waals surface area (Å²) >= 11 is 4.37. The SMILES string of the molecule is CCc1cccc(CC)c1NC(=O)C(S)C(C)C. The Morgan fingerprint density at radius 1 is 1.22 bits per heavy atom. The molecule has 1 N–H and O–H groups in total. The molecular weight excluding hydrogens is 242 g/mol. The highest BCUT2D eigenvalue weighted by Gasteiger charge is 2.19. The first kappa shape index (κ1) is 15.1. The number of carbonyl (C=O) groups is 1. The van der Waals surface area contributed by atoms with Crippen LogP contribution in [-0.2, 0) is 17.6 Å². The highest BCUT2D eigenvalue weighted by molar-refractivity contribution is 7.81. The van der Waals surface area contributed by atoms with Gasteiger partial charge in [-0.2, -0.15) is 12.6 Å². The molecule has 0 saturated carbocycles. The average molecular weight is 265 g/mol. The van der Waals surface area contributed by atoms with E-state index >= 15 is 0 Å². The molecule has 0 bridgehead atoms. The van der Waals surface area contributed by atoms with E-state index < -0.39 is 0 Å². The molecule has 0 saturated heterocycles. The Kier molecular flexibility index (Phi) is 5.73. The predicted octanol–water partition coefficient (Wildman–Crippen LogP) is 3.70. The zero-order chi connectivity index (χ0) is 13.7. The first-order valence-corrected chi connectivity index (χ1v) is 7.12. The van der Waals surface area contributed by atoms with Gasteiger partial charge in [-0.15, -0.1) is 0 Å². The number of rotatable bonds is 5. The standard InChI is InChI=1S/C15H23NOS/c1-5-11-8-7-9-12(6-2)13(11)16-15(17)14(18)10(3)4/h7-10,14,18H,5-6H2,1-4H3,(H,16,17). The lowest BCUT2D eigenvalue weighted by atomic mass is 10.0. The molecule has 1 aromatic carbocycles. The number of para-hydroxylation sites is 1. The van der Waals surface area contributed by atoms with Gasteiger partial charge in [0.1, 0.15) is 0 Å². The first-order valence-electron chi connectivity index (χ1n) is 6.60. The summed E-state index contributed by atoms with van der Waals surface area (Å²) in [5.74, 6) is 0.219. The highest BCUT2D eigenvalue weighted by atomic mass is 32.1. The van der Waals surface area contributed by atoms with E-state index in [1.54, 1.807) is 0 Å². The van der Waals surface area contributed by atoms with Gasteiger partial charge in [0.05, 0.1) is 5.25 Å². The van der Waals surface area contributed by atoms with Gasteiger partial charge in [0.25, 0.3) is 0 Å². The number of anilines is 1. The lowest BCUT2D eigenvalue weighted by Gasteiger charge is -2.18. The molecule has 1 amide bonds. The Bertz CT molecular complexity index is 393. The average Bonchev–Trinajstić information content (AvgIpc) is 2.37. The van der Waals surface area contributed by atoms with Crippen molar-refractivity contribution in [3.63, 3.8) is 0 Å². The van der Waals surface area contributed by atoms with Gasteiger partial charge in [-0.1, -0.05) is 45.9 Å². The third-order valence-electron chi connectivity index (χ3n) is 3.15. The number of hydrogen-bond donors (Lipinski definition) is 2. The van der Waals surface area contributed by atoms with Crippen LogP contribution in [0, 0.1) is 5.92 Å². The van der Waals surface area contributed by atoms with Gasteiger partial charge in [-0.3, -0.25) is 4.79 Å². The maximum atomic E-state index is 12.1. The van der Waals surface area contributed by atoms with Crippen LogP contribution in [0.1, 0.15) is 38.8 Å². The summed E-state index contributed by atoms with van der Waals surface area (Å²) in [7, 11) is 0. The molecule has 2 nitrogen and oxygen atoms in total. The Morgan fingerprint density at radius 2 is 1.72 bits per heavy atom. The van der Waals surface area contributed by atoms with Crippen LogP contribution in [0.4, 0.5) is 5.69 Å². The Balaban J connectivity index is 2.99. The van der Waals surface area contributed by atoms with Crippen LogP contribution < -0.4 is 5.32 Å². The molecule has 3 heteroatoms. The lowest BCUT2D eigenvalue weighted by molar-refractivity contribution is -0.116. The van der Waals surface area contributed by atoms with Crippen LogP contribution in [0.5, 0.6) is 0 Å². The van der Waals surface area contributed by atoms with E-state index in [-0.39, 0.29) is 17.1 Å². The fourth-order valence-corrected chi connectivity index (χ4v) is 1.97. The quantitative estimate of drug-likeness (QED) is 0.781. The second kappa shape index (κ2) is 6.83. The van der Waals surface area contributed by atoms with Crippen LogP contribution in [-0.4, -0.2) is 11.2 Å². The van der Waals surface area contributed by atoms with Crippen molar-refractivity contribution < 1.29 is 4.79 Å². The number of thiol groups is 1. The van der Waals surface area contributed by atoms with Crippen molar-refractivity contribution in [3.05, 3.63) is 29.3 Å². The topological polar surface area (TPSA) is 29.1 Å². The molecule has 0 aromatic heterocycles. The van der Waals surface area contributed by atoms with Crippen molar-refractivity contribution >= 4 is 24.2 Å². The smallest absolute Gasteiger partial charge is 0.237 e. The number of hydrogen-bond acceptors (Lipinski definition) is 2. The molecule has 0 spiro atoms. The fraction of sp³-hybridized carbons (Fsp3) is 0.533. The van der Waals surface area contributed by atoms with Gasteiger partial charge in [0.15, 0.2) is 0 Å². The van der Waals surface area contributed by atoms with E-state index in [0.717, 1.165) is 18.5 Å². The third-order valence-corrected chi connectivity index (χ3v) is 3.98. The van der Waals surface area contributed by atoms with Crippen molar-refractivity contribution in [3.8, 4) is 0 Å². The minimum absolute atomic E-state index is 0.0102. The van der Waals surface area contributed by atoms with Gasteiger partial charge < -0.3 is 5.32 Å². The van der Waals surface area contributed by atoms with Crippen molar-refractivity contribution in [2.45, 2.75) is 45.8 Å². The van der Waals surface area contributed by atoms with E-state index in [9.17, 15) is 4.79 Å². The normalized spacial score (nSPS) is 12.6. The summed E-state index contributed by atoms with van der Waals surface area (Å²) in [5, 5.41) is 2.78. The molecule has 0 aliphatic rings. The summed E-state index contributed by atoms with van der Waals surface area (Å²) in [6, 6.07) is 6.18. The molecule has 1 unspecified atom stereocenters. The number of carbonyl (C=O) groups excluding carboxylic acids is 1. The molecule has 0 aliphatic carbocycles.